The number of nitrogens with one attached hydrogen (secondary N) is 2. The Morgan fingerprint density at radius 2 is 1.80 bits per heavy atom. The number of rotatable bonds is 3. The quantitative estimate of drug-likeness (QED) is 0.904. The number of aromatic nitrogens is 1. The third-order valence-electron chi connectivity index (χ3n) is 2.32. The van der Waals surface area contributed by atoms with Crippen molar-refractivity contribution < 1.29 is 12.8 Å². The minimum absolute atomic E-state index is 0.196. The van der Waals surface area contributed by atoms with Crippen LogP contribution in [0.4, 0.5) is 10.1 Å². The monoisotopic (exact) mass is 336 g/mol. The summed E-state index contributed by atoms with van der Waals surface area (Å²) in [5.74, 6) is -0.708. The fraction of sp³-hybridized carbons (Fsp3) is 0. The van der Waals surface area contributed by atoms with Crippen LogP contribution in [0.15, 0.2) is 40.3 Å². The Hall–Kier alpha value is -1.57. The molecule has 0 amide bonds. The predicted octanol–water partition coefficient (Wildman–Crippen LogP) is 2.62. The molecule has 5 nitrogen and oxygen atoms in total. The van der Waals surface area contributed by atoms with Crippen LogP contribution in [0.2, 0.25) is 10.0 Å². The highest BCUT2D eigenvalue weighted by atomic mass is 35.5. The number of halogens is 3. The van der Waals surface area contributed by atoms with E-state index in [4.69, 9.17) is 23.2 Å². The Bertz CT molecular complexity index is 797. The third kappa shape index (κ3) is 2.95. The summed E-state index contributed by atoms with van der Waals surface area (Å²) in [5.41, 5.74) is -0.899. The van der Waals surface area contributed by atoms with Gasteiger partial charge in [-0.25, -0.2) is 12.8 Å². The molecule has 0 radical (unpaired) electrons. The highest BCUT2D eigenvalue weighted by Gasteiger charge is 2.21. The van der Waals surface area contributed by atoms with E-state index in [2.05, 4.69) is 9.71 Å². The molecule has 20 heavy (non-hydrogen) atoms. The number of hydrogen-bond acceptors (Lipinski definition) is 3. The smallest absolute Gasteiger partial charge is 0.267 e. The molecular formula is C11H7Cl2FN2O3S. The zero-order chi connectivity index (χ0) is 14.9. The van der Waals surface area contributed by atoms with Crippen molar-refractivity contribution >= 4 is 38.9 Å². The van der Waals surface area contributed by atoms with Gasteiger partial charge in [-0.3, -0.25) is 9.52 Å². The Labute approximate surface area is 123 Å². The molecule has 2 aromatic rings. The van der Waals surface area contributed by atoms with Gasteiger partial charge in [0.05, 0.1) is 15.7 Å². The first-order chi connectivity index (χ1) is 9.31. The van der Waals surface area contributed by atoms with Crippen molar-refractivity contribution in [3.8, 4) is 0 Å². The van der Waals surface area contributed by atoms with Crippen LogP contribution in [0.1, 0.15) is 0 Å². The van der Waals surface area contributed by atoms with Gasteiger partial charge in [0.1, 0.15) is 5.82 Å². The maximum Gasteiger partial charge on any atom is 0.267 e. The van der Waals surface area contributed by atoms with Crippen LogP contribution in [-0.4, -0.2) is 13.4 Å². The molecule has 2 N–H and O–H groups in total. The van der Waals surface area contributed by atoms with Crippen molar-refractivity contribution in [2.45, 2.75) is 4.90 Å². The van der Waals surface area contributed by atoms with Gasteiger partial charge in [-0.1, -0.05) is 23.2 Å². The molecular weight excluding hydrogens is 330 g/mol. The fourth-order valence-electron chi connectivity index (χ4n) is 1.44. The van der Waals surface area contributed by atoms with Crippen LogP contribution >= 0.6 is 23.2 Å². The van der Waals surface area contributed by atoms with E-state index < -0.39 is 26.2 Å². The van der Waals surface area contributed by atoms with Crippen molar-refractivity contribution in [1.82, 2.24) is 4.98 Å². The van der Waals surface area contributed by atoms with E-state index in [1.807, 2.05) is 0 Å². The van der Waals surface area contributed by atoms with E-state index in [0.717, 1.165) is 24.4 Å². The summed E-state index contributed by atoms with van der Waals surface area (Å²) in [7, 11) is -4.19. The largest absolute Gasteiger partial charge is 0.366 e. The number of anilines is 1. The van der Waals surface area contributed by atoms with Crippen molar-refractivity contribution in [2.75, 3.05) is 4.72 Å². The van der Waals surface area contributed by atoms with E-state index in [9.17, 15) is 17.6 Å². The summed E-state index contributed by atoms with van der Waals surface area (Å²) in [6, 6.07) is 2.86. The number of pyridine rings is 1. The molecule has 9 heteroatoms. The maximum absolute atomic E-state index is 13.0. The molecule has 0 bridgehead atoms. The fourth-order valence-corrected chi connectivity index (χ4v) is 3.26. The Morgan fingerprint density at radius 1 is 1.20 bits per heavy atom. The first kappa shape index (κ1) is 14.8. The molecule has 2 rings (SSSR count). The van der Waals surface area contributed by atoms with Crippen molar-refractivity contribution in [3.63, 3.8) is 0 Å². The van der Waals surface area contributed by atoms with Gasteiger partial charge < -0.3 is 4.98 Å². The zero-order valence-corrected chi connectivity index (χ0v) is 12.0. The molecule has 1 aromatic carbocycles. The zero-order valence-electron chi connectivity index (χ0n) is 9.65. The lowest BCUT2D eigenvalue weighted by atomic mass is 10.3. The summed E-state index contributed by atoms with van der Waals surface area (Å²) < 4.78 is 39.2. The van der Waals surface area contributed by atoms with Crippen molar-refractivity contribution in [1.29, 1.82) is 0 Å². The molecule has 0 unspecified atom stereocenters. The summed E-state index contributed by atoms with van der Waals surface area (Å²) in [6.07, 6.45) is 2.31. The van der Waals surface area contributed by atoms with Gasteiger partial charge >= 0.3 is 0 Å². The summed E-state index contributed by atoms with van der Waals surface area (Å²) in [5, 5.41) is -0.433. The van der Waals surface area contributed by atoms with Crippen LogP contribution in [-0.2, 0) is 10.0 Å². The van der Waals surface area contributed by atoms with Gasteiger partial charge in [-0.2, -0.15) is 0 Å². The van der Waals surface area contributed by atoms with Crippen LogP contribution in [0.3, 0.4) is 0 Å². The number of sulfonamides is 1. The molecule has 0 atom stereocenters. The van der Waals surface area contributed by atoms with E-state index in [1.165, 1.54) is 6.20 Å². The Kier molecular flexibility index (Phi) is 4.03. The van der Waals surface area contributed by atoms with Gasteiger partial charge in [-0.05, 0) is 12.1 Å². The second kappa shape index (κ2) is 5.43. The lowest BCUT2D eigenvalue weighted by Crippen LogP contribution is -2.21. The first-order valence-electron chi connectivity index (χ1n) is 5.16. The molecule has 0 saturated heterocycles. The number of hydrogen-bond donors (Lipinski definition) is 2. The summed E-state index contributed by atoms with van der Waals surface area (Å²) in [4.78, 5) is 13.5. The standard InChI is InChI=1S/C11H7Cl2FN2O3S/c12-7-3-6(14)4-8(13)11(7)16-20(18,19)10-5-15-2-1-9(10)17/h1-5,16H,(H,15,17). The van der Waals surface area contributed by atoms with Gasteiger partial charge in [0.25, 0.3) is 10.0 Å². The second-order valence-corrected chi connectivity index (χ2v) is 6.19. The topological polar surface area (TPSA) is 79.0 Å². The maximum atomic E-state index is 13.0. The normalized spacial score (nSPS) is 11.3. The molecule has 1 heterocycles. The summed E-state index contributed by atoms with van der Waals surface area (Å²) in [6.45, 7) is 0. The molecule has 0 aliphatic heterocycles. The molecule has 0 spiro atoms. The number of H-pyrrole nitrogens is 1. The lowest BCUT2D eigenvalue weighted by molar-refractivity contribution is 0.600. The van der Waals surface area contributed by atoms with Gasteiger partial charge in [0.2, 0.25) is 5.43 Å². The third-order valence-corrected chi connectivity index (χ3v) is 4.29. The first-order valence-corrected chi connectivity index (χ1v) is 7.39. The molecule has 0 fully saturated rings. The number of benzene rings is 1. The lowest BCUT2D eigenvalue weighted by Gasteiger charge is -2.10. The van der Waals surface area contributed by atoms with E-state index in [1.54, 1.807) is 0 Å². The van der Waals surface area contributed by atoms with Crippen molar-refractivity contribution in [3.05, 3.63) is 56.7 Å². The van der Waals surface area contributed by atoms with Crippen LogP contribution < -0.4 is 10.2 Å². The molecule has 106 valence electrons. The van der Waals surface area contributed by atoms with Crippen molar-refractivity contribution in [2.24, 2.45) is 0 Å². The van der Waals surface area contributed by atoms with E-state index >= 15 is 0 Å². The van der Waals surface area contributed by atoms with Gasteiger partial charge in [0, 0.05) is 18.5 Å². The minimum Gasteiger partial charge on any atom is -0.366 e. The average Bonchev–Trinajstić information content (AvgIpc) is 2.34. The van der Waals surface area contributed by atoms with Gasteiger partial charge in [-0.15, -0.1) is 0 Å². The van der Waals surface area contributed by atoms with Crippen LogP contribution in [0.5, 0.6) is 0 Å². The predicted molar refractivity (Wildman–Crippen MR) is 74.3 cm³/mol. The second-order valence-electron chi connectivity index (χ2n) is 3.72. The van der Waals surface area contributed by atoms with Crippen LogP contribution in [0, 0.1) is 5.82 Å². The number of aromatic amines is 1. The van der Waals surface area contributed by atoms with Gasteiger partial charge in [0.15, 0.2) is 4.90 Å². The highest BCUT2D eigenvalue weighted by molar-refractivity contribution is 7.92. The highest BCUT2D eigenvalue weighted by Crippen LogP contribution is 2.32. The average molecular weight is 337 g/mol. The molecule has 1 aromatic heterocycles. The Balaban J connectivity index is 2.50. The Morgan fingerprint density at radius 3 is 2.35 bits per heavy atom. The van der Waals surface area contributed by atoms with E-state index in [-0.39, 0.29) is 15.7 Å². The molecule has 0 aliphatic carbocycles. The van der Waals surface area contributed by atoms with E-state index in [0.29, 0.717) is 0 Å². The summed E-state index contributed by atoms with van der Waals surface area (Å²) >= 11 is 11.5. The van der Waals surface area contributed by atoms with Crippen LogP contribution in [0.25, 0.3) is 0 Å². The SMILES string of the molecule is O=c1cc[nH]cc1S(=O)(=O)Nc1c(Cl)cc(F)cc1Cl. The molecule has 0 aliphatic rings. The minimum atomic E-state index is -4.19. The molecule has 0 saturated carbocycles.